The zero-order valence-corrected chi connectivity index (χ0v) is 15.5. The number of likely N-dealkylation sites (tertiary alicyclic amines) is 1. The van der Waals surface area contributed by atoms with Gasteiger partial charge in [0.25, 0.3) is 5.91 Å². The fourth-order valence-corrected chi connectivity index (χ4v) is 3.89. The molecule has 1 N–H and O–H groups in total. The standard InChI is InChI=1S/C18H16F3N5OS/c19-18(20,21)12-7-11(8-22-10-12)9-23-17-24-13-3-6-28-15(13)14(25-17)16(27)26-4-1-2-5-26/h3,6-8,10H,1-2,4-5,9H2,(H,23,24,25). The fraction of sp³-hybridized carbons (Fsp3) is 0.333. The molecule has 4 rings (SSSR count). The summed E-state index contributed by atoms with van der Waals surface area (Å²) >= 11 is 1.39. The maximum atomic E-state index is 12.8. The number of fused-ring (bicyclic) bond motifs is 1. The number of alkyl halides is 3. The van der Waals surface area contributed by atoms with Crippen molar-refractivity contribution in [3.8, 4) is 0 Å². The van der Waals surface area contributed by atoms with Crippen LogP contribution >= 0.6 is 11.3 Å². The second kappa shape index (κ2) is 7.34. The van der Waals surface area contributed by atoms with Gasteiger partial charge in [0.15, 0.2) is 5.69 Å². The van der Waals surface area contributed by atoms with Gasteiger partial charge in [-0.2, -0.15) is 13.2 Å². The van der Waals surface area contributed by atoms with Gasteiger partial charge in [0, 0.05) is 32.0 Å². The molecular formula is C18H16F3N5OS. The van der Waals surface area contributed by atoms with E-state index in [-0.39, 0.29) is 18.4 Å². The van der Waals surface area contributed by atoms with Crippen molar-refractivity contribution in [2.45, 2.75) is 25.6 Å². The Bertz CT molecular complexity index is 1010. The number of pyridine rings is 1. The highest BCUT2D eigenvalue weighted by atomic mass is 32.1. The molecule has 6 nitrogen and oxygen atoms in total. The van der Waals surface area contributed by atoms with Crippen LogP contribution in [0.2, 0.25) is 0 Å². The summed E-state index contributed by atoms with van der Waals surface area (Å²) in [5, 5.41) is 4.75. The molecule has 0 aliphatic carbocycles. The smallest absolute Gasteiger partial charge is 0.350 e. The zero-order valence-electron chi connectivity index (χ0n) is 14.7. The van der Waals surface area contributed by atoms with E-state index in [0.29, 0.717) is 34.6 Å². The van der Waals surface area contributed by atoms with Gasteiger partial charge in [0.1, 0.15) is 0 Å². The van der Waals surface area contributed by atoms with Gasteiger partial charge in [-0.25, -0.2) is 9.97 Å². The Balaban J connectivity index is 1.58. The fourth-order valence-electron chi connectivity index (χ4n) is 3.08. The van der Waals surface area contributed by atoms with Crippen LogP contribution in [0.25, 0.3) is 10.2 Å². The average molecular weight is 407 g/mol. The normalized spacial score (nSPS) is 14.6. The molecule has 3 aromatic rings. The average Bonchev–Trinajstić information content (AvgIpc) is 3.36. The van der Waals surface area contributed by atoms with Crippen LogP contribution in [0.3, 0.4) is 0 Å². The minimum Gasteiger partial charge on any atom is -0.350 e. The minimum absolute atomic E-state index is 0.0594. The summed E-state index contributed by atoms with van der Waals surface area (Å²) in [6.45, 7) is 1.46. The van der Waals surface area contributed by atoms with Gasteiger partial charge in [-0.15, -0.1) is 11.3 Å². The lowest BCUT2D eigenvalue weighted by Crippen LogP contribution is -2.28. The largest absolute Gasteiger partial charge is 0.417 e. The predicted octanol–water partition coefficient (Wildman–Crippen LogP) is 3.95. The lowest BCUT2D eigenvalue weighted by molar-refractivity contribution is -0.137. The summed E-state index contributed by atoms with van der Waals surface area (Å²) in [6.07, 6.45) is -0.383. The Hall–Kier alpha value is -2.75. The van der Waals surface area contributed by atoms with Crippen LogP contribution in [0, 0.1) is 0 Å². The third-order valence-electron chi connectivity index (χ3n) is 4.47. The summed E-state index contributed by atoms with van der Waals surface area (Å²) < 4.78 is 39.2. The van der Waals surface area contributed by atoms with Crippen LogP contribution in [-0.4, -0.2) is 38.8 Å². The number of carbonyl (C=O) groups excluding carboxylic acids is 1. The molecule has 10 heteroatoms. The number of thiophene rings is 1. The van der Waals surface area contributed by atoms with Crippen molar-refractivity contribution in [2.75, 3.05) is 18.4 Å². The number of aromatic nitrogens is 3. The van der Waals surface area contributed by atoms with Crippen LogP contribution in [0.5, 0.6) is 0 Å². The van der Waals surface area contributed by atoms with Crippen molar-refractivity contribution in [3.05, 3.63) is 46.7 Å². The first-order valence-electron chi connectivity index (χ1n) is 8.71. The zero-order chi connectivity index (χ0) is 19.7. The van der Waals surface area contributed by atoms with Gasteiger partial charge in [0.2, 0.25) is 5.95 Å². The molecule has 1 aliphatic rings. The molecule has 0 aromatic carbocycles. The molecule has 0 radical (unpaired) electrons. The van der Waals surface area contributed by atoms with Crippen molar-refractivity contribution < 1.29 is 18.0 Å². The number of carbonyl (C=O) groups is 1. The first-order valence-corrected chi connectivity index (χ1v) is 9.59. The van der Waals surface area contributed by atoms with Crippen molar-refractivity contribution >= 4 is 33.4 Å². The first kappa shape index (κ1) is 18.6. The quantitative estimate of drug-likeness (QED) is 0.709. The van der Waals surface area contributed by atoms with E-state index in [2.05, 4.69) is 20.3 Å². The molecule has 1 aliphatic heterocycles. The van der Waals surface area contributed by atoms with E-state index in [1.807, 2.05) is 5.38 Å². The molecule has 1 amide bonds. The van der Waals surface area contributed by atoms with Crippen LogP contribution in [-0.2, 0) is 12.7 Å². The molecular weight excluding hydrogens is 391 g/mol. The van der Waals surface area contributed by atoms with Crippen LogP contribution in [0.1, 0.15) is 34.5 Å². The molecule has 1 saturated heterocycles. The Kier molecular flexibility index (Phi) is 4.88. The first-order chi connectivity index (χ1) is 13.4. The lowest BCUT2D eigenvalue weighted by Gasteiger charge is -2.15. The molecule has 4 heterocycles. The van der Waals surface area contributed by atoms with Gasteiger partial charge in [-0.05, 0) is 35.9 Å². The van der Waals surface area contributed by atoms with Crippen LogP contribution in [0.4, 0.5) is 19.1 Å². The van der Waals surface area contributed by atoms with Crippen LogP contribution < -0.4 is 5.32 Å². The van der Waals surface area contributed by atoms with E-state index >= 15 is 0 Å². The van der Waals surface area contributed by atoms with Crippen LogP contribution in [0.15, 0.2) is 29.9 Å². The highest BCUT2D eigenvalue weighted by Gasteiger charge is 2.31. The monoisotopic (exact) mass is 407 g/mol. The Morgan fingerprint density at radius 3 is 2.75 bits per heavy atom. The van der Waals surface area contributed by atoms with Gasteiger partial charge >= 0.3 is 6.18 Å². The number of nitrogens with one attached hydrogen (secondary N) is 1. The third kappa shape index (κ3) is 3.77. The third-order valence-corrected chi connectivity index (χ3v) is 5.38. The number of anilines is 1. The molecule has 0 spiro atoms. The summed E-state index contributed by atoms with van der Waals surface area (Å²) in [5.41, 5.74) is 0.487. The van der Waals surface area contributed by atoms with E-state index in [0.717, 1.165) is 25.1 Å². The predicted molar refractivity (Wildman–Crippen MR) is 99.1 cm³/mol. The Morgan fingerprint density at radius 2 is 2.00 bits per heavy atom. The highest BCUT2D eigenvalue weighted by molar-refractivity contribution is 7.17. The van der Waals surface area contributed by atoms with Crippen molar-refractivity contribution in [1.29, 1.82) is 0 Å². The van der Waals surface area contributed by atoms with Crippen molar-refractivity contribution in [1.82, 2.24) is 19.9 Å². The second-order valence-corrected chi connectivity index (χ2v) is 7.38. The van der Waals surface area contributed by atoms with Crippen molar-refractivity contribution in [2.24, 2.45) is 0 Å². The van der Waals surface area contributed by atoms with E-state index < -0.39 is 11.7 Å². The maximum Gasteiger partial charge on any atom is 0.417 e. The van der Waals surface area contributed by atoms with E-state index in [1.165, 1.54) is 17.5 Å². The van der Waals surface area contributed by atoms with Gasteiger partial charge in [-0.1, -0.05) is 0 Å². The van der Waals surface area contributed by atoms with E-state index in [1.54, 1.807) is 11.0 Å². The number of hydrogen-bond donors (Lipinski definition) is 1. The number of hydrogen-bond acceptors (Lipinski definition) is 6. The summed E-state index contributed by atoms with van der Waals surface area (Å²) in [4.78, 5) is 27.0. The molecule has 0 bridgehead atoms. The van der Waals surface area contributed by atoms with E-state index in [4.69, 9.17) is 0 Å². The maximum absolute atomic E-state index is 12.8. The molecule has 0 unspecified atom stereocenters. The second-order valence-electron chi connectivity index (χ2n) is 6.46. The minimum atomic E-state index is -4.45. The molecule has 1 fully saturated rings. The van der Waals surface area contributed by atoms with Gasteiger partial charge in [0.05, 0.1) is 15.8 Å². The Labute approximate surface area is 162 Å². The topological polar surface area (TPSA) is 71.0 Å². The number of amides is 1. The summed E-state index contributed by atoms with van der Waals surface area (Å²) in [7, 11) is 0. The summed E-state index contributed by atoms with van der Waals surface area (Å²) in [6, 6.07) is 2.82. The molecule has 28 heavy (non-hydrogen) atoms. The molecule has 3 aromatic heterocycles. The highest BCUT2D eigenvalue weighted by Crippen LogP contribution is 2.29. The lowest BCUT2D eigenvalue weighted by atomic mass is 10.2. The van der Waals surface area contributed by atoms with E-state index in [9.17, 15) is 18.0 Å². The number of nitrogens with zero attached hydrogens (tertiary/aromatic N) is 4. The van der Waals surface area contributed by atoms with Gasteiger partial charge in [-0.3, -0.25) is 9.78 Å². The summed E-state index contributed by atoms with van der Waals surface area (Å²) in [5.74, 6) is 0.0574. The number of rotatable bonds is 4. The molecule has 0 atom stereocenters. The SMILES string of the molecule is O=C(c1nc(NCc2cncc(C(F)(F)F)c2)nc2ccsc12)N1CCCC1. The molecule has 0 saturated carbocycles. The van der Waals surface area contributed by atoms with Crippen molar-refractivity contribution in [3.63, 3.8) is 0 Å². The number of halogens is 3. The van der Waals surface area contributed by atoms with Gasteiger partial charge < -0.3 is 10.2 Å². The molecule has 146 valence electrons. The Morgan fingerprint density at radius 1 is 1.21 bits per heavy atom.